The first-order valence-electron chi connectivity index (χ1n) is 8.02. The average molecular weight is 392 g/mol. The van der Waals surface area contributed by atoms with Gasteiger partial charge in [0.1, 0.15) is 11.6 Å². The van der Waals surface area contributed by atoms with E-state index >= 15 is 0 Å². The normalized spacial score (nSPS) is 25.4. The minimum Gasteiger partial charge on any atom is -0.508 e. The van der Waals surface area contributed by atoms with Crippen molar-refractivity contribution in [3.8, 4) is 5.75 Å². The first-order valence-corrected chi connectivity index (χ1v) is 8.02. The van der Waals surface area contributed by atoms with E-state index in [0.717, 1.165) is 24.1 Å². The molecule has 2 atom stereocenters. The summed E-state index contributed by atoms with van der Waals surface area (Å²) in [4.78, 5) is 2.10. The maximum absolute atomic E-state index is 13.5. The third-order valence-electron chi connectivity index (χ3n) is 4.83. The van der Waals surface area contributed by atoms with Crippen LogP contribution in [0.25, 0.3) is 0 Å². The van der Waals surface area contributed by atoms with Crippen LogP contribution in [0.5, 0.6) is 5.75 Å². The molecule has 2 nitrogen and oxygen atoms in total. The van der Waals surface area contributed by atoms with Gasteiger partial charge in [0.15, 0.2) is 0 Å². The molecule has 0 radical (unpaired) electrons. The molecule has 2 unspecified atom stereocenters. The molecule has 0 saturated carbocycles. The molecule has 0 spiro atoms. The number of phenolic OH excluding ortho intramolecular Hbond substituents is 1. The molecule has 4 heteroatoms. The second-order valence-corrected chi connectivity index (χ2v) is 6.20. The van der Waals surface area contributed by atoms with Crippen molar-refractivity contribution in [3.05, 3.63) is 77.8 Å². The first kappa shape index (κ1) is 18.5. The zero-order chi connectivity index (χ0) is 16.4. The Labute approximate surface area is 153 Å². The van der Waals surface area contributed by atoms with Crippen molar-refractivity contribution in [2.45, 2.75) is 18.8 Å². The fourth-order valence-corrected chi connectivity index (χ4v) is 3.63. The van der Waals surface area contributed by atoms with Crippen LogP contribution in [0.2, 0.25) is 0 Å². The summed E-state index contributed by atoms with van der Waals surface area (Å²) in [7, 11) is 2.03. The molecule has 0 bridgehead atoms. The van der Waals surface area contributed by atoms with Crippen LogP contribution >= 0.6 is 17.0 Å². The maximum atomic E-state index is 13.5. The van der Waals surface area contributed by atoms with Crippen molar-refractivity contribution in [2.75, 3.05) is 13.6 Å². The van der Waals surface area contributed by atoms with Crippen molar-refractivity contribution in [1.82, 2.24) is 4.90 Å². The lowest BCUT2D eigenvalue weighted by atomic mass is 9.62. The molecule has 1 heterocycles. The molecule has 1 aliphatic carbocycles. The molecule has 1 aromatic rings. The summed E-state index contributed by atoms with van der Waals surface area (Å²) in [5, 5.41) is 10.4. The summed E-state index contributed by atoms with van der Waals surface area (Å²) >= 11 is 0. The van der Waals surface area contributed by atoms with Gasteiger partial charge in [-0.1, -0.05) is 43.4 Å². The highest BCUT2D eigenvalue weighted by molar-refractivity contribution is 8.93. The van der Waals surface area contributed by atoms with Crippen LogP contribution in [0.3, 0.4) is 0 Å². The van der Waals surface area contributed by atoms with E-state index in [1.54, 1.807) is 6.07 Å². The van der Waals surface area contributed by atoms with Crippen molar-refractivity contribution in [3.63, 3.8) is 0 Å². The Morgan fingerprint density at radius 2 is 2.12 bits per heavy atom. The van der Waals surface area contributed by atoms with E-state index in [-0.39, 0.29) is 28.6 Å². The molecule has 0 aromatic heterocycles. The van der Waals surface area contributed by atoms with Gasteiger partial charge in [0.25, 0.3) is 0 Å². The van der Waals surface area contributed by atoms with Gasteiger partial charge in [0.2, 0.25) is 0 Å². The molecule has 0 saturated heterocycles. The van der Waals surface area contributed by atoms with E-state index in [9.17, 15) is 9.50 Å². The third kappa shape index (κ3) is 3.07. The summed E-state index contributed by atoms with van der Waals surface area (Å²) in [5.74, 6) is -0.197. The molecule has 1 aliphatic heterocycles. The number of halogens is 2. The number of hydrogen-bond acceptors (Lipinski definition) is 2. The quantitative estimate of drug-likeness (QED) is 0.792. The van der Waals surface area contributed by atoms with Crippen LogP contribution in [-0.4, -0.2) is 23.6 Å². The molecule has 128 valence electrons. The maximum Gasteiger partial charge on any atom is 0.126 e. The van der Waals surface area contributed by atoms with E-state index in [1.165, 1.54) is 12.1 Å². The molecule has 2 aliphatic rings. The van der Waals surface area contributed by atoms with Gasteiger partial charge in [-0.05, 0) is 36.3 Å². The number of hydrogen-bond donors (Lipinski definition) is 1. The summed E-state index contributed by atoms with van der Waals surface area (Å²) in [5.41, 5.74) is 1.44. The molecular weight excluding hydrogens is 369 g/mol. The number of benzene rings is 1. The smallest absolute Gasteiger partial charge is 0.126 e. The lowest BCUT2D eigenvalue weighted by Gasteiger charge is -2.41. The summed E-state index contributed by atoms with van der Waals surface area (Å²) in [6.45, 7) is 2.96. The van der Waals surface area contributed by atoms with Crippen LogP contribution in [-0.2, 0) is 5.41 Å². The molecule has 0 amide bonds. The number of likely N-dealkylation sites (N-methyl/N-ethyl adjacent to an activating group) is 1. The standard InChI is InChI=1S/C20H22FNO.BrH/c1-3-15-6-4-5-11-20(15,16-9-12-22(2)13-10-16)18-8-7-17(21)14-19(18)23;/h4-12,14-15,23H,3,13H2,1-2H3;1H. The number of nitrogens with zero attached hydrogens (tertiary/aromatic N) is 1. The molecule has 1 N–H and O–H groups in total. The Morgan fingerprint density at radius 1 is 1.33 bits per heavy atom. The highest BCUT2D eigenvalue weighted by Gasteiger charge is 2.41. The Balaban J connectivity index is 0.00000208. The highest BCUT2D eigenvalue weighted by Crippen LogP contribution is 2.48. The summed E-state index contributed by atoms with van der Waals surface area (Å²) < 4.78 is 13.5. The van der Waals surface area contributed by atoms with E-state index in [1.807, 2.05) is 19.2 Å². The average Bonchev–Trinajstić information content (AvgIpc) is 2.55. The van der Waals surface area contributed by atoms with Gasteiger partial charge in [0, 0.05) is 30.6 Å². The van der Waals surface area contributed by atoms with Gasteiger partial charge < -0.3 is 10.0 Å². The second-order valence-electron chi connectivity index (χ2n) is 6.20. The molecule has 24 heavy (non-hydrogen) atoms. The third-order valence-corrected chi connectivity index (χ3v) is 4.83. The van der Waals surface area contributed by atoms with Crippen LogP contribution in [0, 0.1) is 11.7 Å². The van der Waals surface area contributed by atoms with E-state index in [0.29, 0.717) is 0 Å². The zero-order valence-corrected chi connectivity index (χ0v) is 15.7. The lowest BCUT2D eigenvalue weighted by Crippen LogP contribution is -2.36. The van der Waals surface area contributed by atoms with Crippen molar-refractivity contribution >= 4 is 17.0 Å². The second kappa shape index (κ2) is 7.39. The van der Waals surface area contributed by atoms with Crippen LogP contribution in [0.4, 0.5) is 4.39 Å². The monoisotopic (exact) mass is 391 g/mol. The predicted molar refractivity (Wildman–Crippen MR) is 102 cm³/mol. The van der Waals surface area contributed by atoms with Gasteiger partial charge in [-0.3, -0.25) is 0 Å². The fourth-order valence-electron chi connectivity index (χ4n) is 3.63. The van der Waals surface area contributed by atoms with Crippen LogP contribution in [0.15, 0.2) is 66.4 Å². The highest BCUT2D eigenvalue weighted by atomic mass is 79.9. The summed E-state index contributed by atoms with van der Waals surface area (Å²) in [6, 6.07) is 4.34. The van der Waals surface area contributed by atoms with Gasteiger partial charge >= 0.3 is 0 Å². The van der Waals surface area contributed by atoms with E-state index in [2.05, 4.69) is 42.3 Å². The molecule has 1 aromatic carbocycles. The summed E-state index contributed by atoms with van der Waals surface area (Å²) in [6.07, 6.45) is 15.6. The predicted octanol–water partition coefficient (Wildman–Crippen LogP) is 4.88. The molecule has 0 fully saturated rings. The molecule has 3 rings (SSSR count). The Bertz CT molecular complexity index is 722. The molecular formula is C20H23BrFNO. The van der Waals surface area contributed by atoms with Gasteiger partial charge in [-0.15, -0.1) is 17.0 Å². The fraction of sp³-hybridized carbons (Fsp3) is 0.300. The SMILES string of the molecule is Br.CCC1C=CC=CC1(C1=CCN(C)C=C1)c1ccc(F)cc1O. The Hall–Kier alpha value is -1.81. The largest absolute Gasteiger partial charge is 0.508 e. The van der Waals surface area contributed by atoms with Crippen molar-refractivity contribution in [1.29, 1.82) is 0 Å². The van der Waals surface area contributed by atoms with Gasteiger partial charge in [-0.2, -0.15) is 0 Å². The first-order chi connectivity index (χ1) is 11.1. The van der Waals surface area contributed by atoms with Crippen LogP contribution < -0.4 is 0 Å². The van der Waals surface area contributed by atoms with Crippen LogP contribution in [0.1, 0.15) is 18.9 Å². The number of rotatable bonds is 3. The number of phenols is 1. The number of aromatic hydroxyl groups is 1. The zero-order valence-electron chi connectivity index (χ0n) is 13.9. The minimum atomic E-state index is -0.459. The van der Waals surface area contributed by atoms with Gasteiger partial charge in [0.05, 0.1) is 0 Å². The Morgan fingerprint density at radius 3 is 2.75 bits per heavy atom. The topological polar surface area (TPSA) is 23.5 Å². The number of allylic oxidation sites excluding steroid dienone is 6. The Kier molecular flexibility index (Phi) is 5.70. The van der Waals surface area contributed by atoms with Crippen molar-refractivity contribution < 1.29 is 9.50 Å². The van der Waals surface area contributed by atoms with Gasteiger partial charge in [-0.25, -0.2) is 4.39 Å². The lowest BCUT2D eigenvalue weighted by molar-refractivity contribution is 0.397. The minimum absolute atomic E-state index is 0. The van der Waals surface area contributed by atoms with E-state index < -0.39 is 11.2 Å². The van der Waals surface area contributed by atoms with Crippen molar-refractivity contribution in [2.24, 2.45) is 5.92 Å². The van der Waals surface area contributed by atoms with E-state index in [4.69, 9.17) is 0 Å².